The molecule has 0 aromatic carbocycles. The van der Waals surface area contributed by atoms with Crippen molar-refractivity contribution in [1.82, 2.24) is 0 Å². The van der Waals surface area contributed by atoms with Crippen molar-refractivity contribution < 1.29 is 26.2 Å². The molecule has 20 heavy (non-hydrogen) atoms. The molecule has 10 radical (unpaired) electrons. The van der Waals surface area contributed by atoms with Crippen LogP contribution in [0, 0.1) is 89.0 Å². The standard InChI is InChI=1S/C9H14.2C5H5.Zr/c1-4-9-6-5-7(2)8(9)3;2*1-2-4-5-3-1;/h7-8H,3,5-6H2,1-2H3;2*1-5H;/q-2;;;+2/t7-,8+;;;/m0.../s1. The molecule has 3 aliphatic rings. The van der Waals surface area contributed by atoms with E-state index in [2.05, 4.69) is 19.9 Å². The fourth-order valence-electron chi connectivity index (χ4n) is 2.07. The third kappa shape index (κ3) is 8.81. The zero-order valence-corrected chi connectivity index (χ0v) is 15.0. The van der Waals surface area contributed by atoms with Crippen LogP contribution in [0.15, 0.2) is 5.57 Å². The molecular weight excluding hydrogens is 319 g/mol. The molecule has 0 spiro atoms. The van der Waals surface area contributed by atoms with Crippen LogP contribution in [0.5, 0.6) is 0 Å². The minimum atomic E-state index is 0. The van der Waals surface area contributed by atoms with Crippen LogP contribution >= 0.6 is 0 Å². The number of allylic oxidation sites excluding steroid dienone is 2. The Bertz CT molecular complexity index is 211. The fraction of sp³-hybridized carbons (Fsp3) is 0.316. The second kappa shape index (κ2) is 13.3. The fourth-order valence-corrected chi connectivity index (χ4v) is 2.07. The van der Waals surface area contributed by atoms with Crippen molar-refractivity contribution in [1.29, 1.82) is 0 Å². The van der Waals surface area contributed by atoms with E-state index >= 15 is 0 Å². The average Bonchev–Trinajstić information content (AvgIpc) is 3.16. The molecule has 0 nitrogen and oxygen atoms in total. The maximum atomic E-state index is 4.07. The monoisotopic (exact) mass is 342 g/mol. The van der Waals surface area contributed by atoms with Crippen molar-refractivity contribution in [2.24, 2.45) is 11.8 Å². The van der Waals surface area contributed by atoms with Gasteiger partial charge in [0.05, 0.1) is 0 Å². The summed E-state index contributed by atoms with van der Waals surface area (Å²) < 4.78 is 0. The van der Waals surface area contributed by atoms with Gasteiger partial charge in [0, 0.05) is 0 Å². The first-order chi connectivity index (χ1) is 9.25. The van der Waals surface area contributed by atoms with Gasteiger partial charge in [0.1, 0.15) is 0 Å². The molecule has 3 saturated carbocycles. The van der Waals surface area contributed by atoms with Crippen molar-refractivity contribution in [3.63, 3.8) is 0 Å². The summed E-state index contributed by atoms with van der Waals surface area (Å²) in [5.41, 5.74) is 1.43. The van der Waals surface area contributed by atoms with Gasteiger partial charge in [0.25, 0.3) is 0 Å². The van der Waals surface area contributed by atoms with Crippen LogP contribution < -0.4 is 0 Å². The summed E-state index contributed by atoms with van der Waals surface area (Å²) in [5, 5.41) is 0. The molecule has 0 bridgehead atoms. The van der Waals surface area contributed by atoms with Crippen molar-refractivity contribution in [3.8, 4) is 0 Å². The molecule has 2 atom stereocenters. The summed E-state index contributed by atoms with van der Waals surface area (Å²) in [6.45, 7) is 8.33. The van der Waals surface area contributed by atoms with E-state index in [-0.39, 0.29) is 26.2 Å². The predicted molar refractivity (Wildman–Crippen MR) is 82.7 cm³/mol. The molecule has 0 saturated heterocycles. The third-order valence-electron chi connectivity index (χ3n) is 3.44. The minimum absolute atomic E-state index is 0. The molecule has 0 heterocycles. The van der Waals surface area contributed by atoms with Gasteiger partial charge in [-0.25, -0.2) is 0 Å². The maximum Gasteiger partial charge on any atom is 2.00 e. The smallest absolute Gasteiger partial charge is 0.503 e. The summed E-state index contributed by atoms with van der Waals surface area (Å²) in [6.07, 6.45) is 25.7. The Kier molecular flexibility index (Phi) is 13.7. The Morgan fingerprint density at radius 1 is 0.900 bits per heavy atom. The zero-order valence-electron chi connectivity index (χ0n) is 12.5. The van der Waals surface area contributed by atoms with Crippen LogP contribution in [0.1, 0.15) is 26.7 Å². The van der Waals surface area contributed by atoms with E-state index in [1.165, 1.54) is 18.4 Å². The Balaban J connectivity index is 0.000000282. The second-order valence-corrected chi connectivity index (χ2v) is 4.82. The first-order valence-corrected chi connectivity index (χ1v) is 6.95. The predicted octanol–water partition coefficient (Wildman–Crippen LogP) is 4.66. The summed E-state index contributed by atoms with van der Waals surface area (Å²) in [5.74, 6) is 1.34. The first kappa shape index (κ1) is 20.6. The van der Waals surface area contributed by atoms with E-state index in [9.17, 15) is 0 Å². The summed E-state index contributed by atoms with van der Waals surface area (Å²) in [6, 6.07) is 0. The van der Waals surface area contributed by atoms with Gasteiger partial charge >= 0.3 is 26.2 Å². The molecule has 3 fully saturated rings. The molecule has 0 N–H and O–H groups in total. The van der Waals surface area contributed by atoms with Gasteiger partial charge in [-0.05, 0) is 64.2 Å². The number of rotatable bonds is 0. The zero-order chi connectivity index (χ0) is 13.9. The Labute approximate surface area is 147 Å². The molecule has 0 aromatic heterocycles. The van der Waals surface area contributed by atoms with Crippen molar-refractivity contribution in [3.05, 3.63) is 82.8 Å². The van der Waals surface area contributed by atoms with E-state index in [1.54, 1.807) is 0 Å². The summed E-state index contributed by atoms with van der Waals surface area (Å²) >= 11 is 0. The van der Waals surface area contributed by atoms with E-state index < -0.39 is 0 Å². The topological polar surface area (TPSA) is 0 Å². The van der Waals surface area contributed by atoms with Crippen molar-refractivity contribution in [2.75, 3.05) is 0 Å². The van der Waals surface area contributed by atoms with Crippen LogP contribution in [0.3, 0.4) is 0 Å². The molecule has 3 rings (SSSR count). The Morgan fingerprint density at radius 3 is 1.40 bits per heavy atom. The molecule has 0 aromatic rings. The number of hydrogen-bond acceptors (Lipinski definition) is 0. The van der Waals surface area contributed by atoms with Gasteiger partial charge in [-0.15, -0.1) is 0 Å². The van der Waals surface area contributed by atoms with E-state index in [0.717, 1.165) is 5.92 Å². The van der Waals surface area contributed by atoms with Crippen LogP contribution in [0.25, 0.3) is 0 Å². The van der Waals surface area contributed by atoms with Gasteiger partial charge in [0.2, 0.25) is 0 Å². The molecule has 0 amide bonds. The molecule has 0 aliphatic heterocycles. The van der Waals surface area contributed by atoms with Gasteiger partial charge < -0.3 is 13.0 Å². The first-order valence-electron chi connectivity index (χ1n) is 6.95. The molecule has 3 aliphatic carbocycles. The quantitative estimate of drug-likeness (QED) is 0.561. The van der Waals surface area contributed by atoms with Gasteiger partial charge in [-0.1, -0.05) is 25.7 Å². The third-order valence-corrected chi connectivity index (χ3v) is 3.44. The van der Waals surface area contributed by atoms with Gasteiger partial charge in [0.15, 0.2) is 0 Å². The second-order valence-electron chi connectivity index (χ2n) is 4.82. The summed E-state index contributed by atoms with van der Waals surface area (Å²) in [4.78, 5) is 0. The largest absolute Gasteiger partial charge is 2.00 e. The minimum Gasteiger partial charge on any atom is -0.503 e. The van der Waals surface area contributed by atoms with E-state index in [0.29, 0.717) is 5.92 Å². The molecule has 1 heteroatoms. The average molecular weight is 344 g/mol. The van der Waals surface area contributed by atoms with Gasteiger partial charge in [-0.3, -0.25) is 5.57 Å². The normalized spacial score (nSPS) is 30.1. The van der Waals surface area contributed by atoms with E-state index in [1.807, 2.05) is 71.1 Å². The van der Waals surface area contributed by atoms with Gasteiger partial charge in [-0.2, -0.15) is 12.8 Å². The van der Waals surface area contributed by atoms with Crippen LogP contribution in [-0.2, 0) is 26.2 Å². The van der Waals surface area contributed by atoms with Crippen LogP contribution in [0.4, 0.5) is 0 Å². The molecule has 104 valence electrons. The molecular formula is C19H24Zr. The SMILES string of the molecule is [CH2-][C@H]1C(=[C-]C)CC[C@@H]1C.[CH]1[CH][CH][CH][CH]1.[CH]1[CH][CH][CH][CH]1.[Zr+2]. The molecule has 0 unspecified atom stereocenters. The van der Waals surface area contributed by atoms with Crippen molar-refractivity contribution >= 4 is 0 Å². The van der Waals surface area contributed by atoms with Crippen LogP contribution in [0.2, 0.25) is 0 Å². The van der Waals surface area contributed by atoms with Crippen LogP contribution in [-0.4, -0.2) is 0 Å². The Morgan fingerprint density at radius 2 is 1.25 bits per heavy atom. The summed E-state index contributed by atoms with van der Waals surface area (Å²) in [7, 11) is 0. The maximum absolute atomic E-state index is 4.07. The Hall–Kier alpha value is 0.623. The number of hydrogen-bond donors (Lipinski definition) is 0. The van der Waals surface area contributed by atoms with E-state index in [4.69, 9.17) is 0 Å². The van der Waals surface area contributed by atoms with Crippen molar-refractivity contribution in [2.45, 2.75) is 26.7 Å².